The van der Waals surface area contributed by atoms with Gasteiger partial charge in [-0.1, -0.05) is 5.16 Å². The highest BCUT2D eigenvalue weighted by molar-refractivity contribution is 5.24. The number of hydrogen-bond acceptors (Lipinski definition) is 7. The number of aliphatic hydroxyl groups excluding tert-OH is 1. The molecule has 3 heterocycles. The van der Waals surface area contributed by atoms with E-state index >= 15 is 0 Å². The molecule has 0 unspecified atom stereocenters. The van der Waals surface area contributed by atoms with Gasteiger partial charge in [-0.25, -0.2) is 0 Å². The van der Waals surface area contributed by atoms with Crippen molar-refractivity contribution in [2.24, 2.45) is 5.92 Å². The lowest BCUT2D eigenvalue weighted by atomic mass is 9.97. The van der Waals surface area contributed by atoms with Gasteiger partial charge in [0, 0.05) is 57.1 Å². The van der Waals surface area contributed by atoms with Crippen LogP contribution >= 0.6 is 0 Å². The zero-order chi connectivity index (χ0) is 18.0. The predicted octanol–water partition coefficient (Wildman–Crippen LogP) is 1.26. The monoisotopic (exact) mass is 349 g/mol. The van der Waals surface area contributed by atoms with Gasteiger partial charge in [0.05, 0.1) is 11.6 Å². The Labute approximate surface area is 147 Å². The van der Waals surface area contributed by atoms with Crippen LogP contribution in [0.15, 0.2) is 4.52 Å². The van der Waals surface area contributed by atoms with E-state index in [0.29, 0.717) is 18.3 Å². The maximum Gasteiger partial charge on any atom is 0.231 e. The molecule has 8 nitrogen and oxygen atoms in total. The molecule has 1 fully saturated rings. The third kappa shape index (κ3) is 3.61. The van der Waals surface area contributed by atoms with Crippen molar-refractivity contribution >= 4 is 0 Å². The molecule has 0 amide bonds. The van der Waals surface area contributed by atoms with Gasteiger partial charge in [-0.2, -0.15) is 10.1 Å². The average Bonchev–Trinajstić information content (AvgIpc) is 3.29. The van der Waals surface area contributed by atoms with E-state index in [1.54, 1.807) is 7.11 Å². The maximum atomic E-state index is 9.79. The van der Waals surface area contributed by atoms with Crippen LogP contribution in [0.4, 0.5) is 0 Å². The smallest absolute Gasteiger partial charge is 0.231 e. The van der Waals surface area contributed by atoms with Crippen molar-refractivity contribution in [2.45, 2.75) is 46.4 Å². The molecule has 25 heavy (non-hydrogen) atoms. The minimum absolute atomic E-state index is 0.0462. The highest BCUT2D eigenvalue weighted by atomic mass is 16.5. The van der Waals surface area contributed by atoms with Crippen LogP contribution in [-0.2, 0) is 24.4 Å². The zero-order valence-corrected chi connectivity index (χ0v) is 15.4. The van der Waals surface area contributed by atoms with Gasteiger partial charge in [-0.05, 0) is 20.8 Å². The van der Waals surface area contributed by atoms with E-state index in [9.17, 15) is 5.11 Å². The van der Waals surface area contributed by atoms with E-state index < -0.39 is 0 Å². The number of hydrogen-bond donors (Lipinski definition) is 1. The van der Waals surface area contributed by atoms with E-state index in [0.717, 1.165) is 31.9 Å². The van der Waals surface area contributed by atoms with Crippen molar-refractivity contribution in [2.75, 3.05) is 26.8 Å². The fourth-order valence-corrected chi connectivity index (χ4v) is 3.65. The van der Waals surface area contributed by atoms with Gasteiger partial charge >= 0.3 is 0 Å². The number of aromatic nitrogens is 4. The van der Waals surface area contributed by atoms with E-state index in [1.807, 2.05) is 4.68 Å². The summed E-state index contributed by atoms with van der Waals surface area (Å²) in [5, 5.41) is 18.3. The van der Waals surface area contributed by atoms with Gasteiger partial charge in [0.15, 0.2) is 5.82 Å². The first-order valence-corrected chi connectivity index (χ1v) is 8.74. The summed E-state index contributed by atoms with van der Waals surface area (Å²) in [5.41, 5.74) is 3.55. The van der Waals surface area contributed by atoms with Gasteiger partial charge in [0.2, 0.25) is 5.89 Å². The number of aryl methyl sites for hydroxylation is 2. The van der Waals surface area contributed by atoms with Crippen molar-refractivity contribution in [3.8, 4) is 0 Å². The average molecular weight is 349 g/mol. The van der Waals surface area contributed by atoms with E-state index in [-0.39, 0.29) is 18.4 Å². The standard InChI is InChI=1S/C17H27N5O3/c1-5-22-12(3)14(11(2)19-22)7-21-6-13(9-23)15(8-21)17-18-16(10-24-4)20-25-17/h13,15,23H,5-10H2,1-4H3/t13-,15+/m0/s1. The molecule has 8 heteroatoms. The summed E-state index contributed by atoms with van der Waals surface area (Å²) >= 11 is 0. The van der Waals surface area contributed by atoms with Crippen molar-refractivity contribution in [1.29, 1.82) is 0 Å². The largest absolute Gasteiger partial charge is 0.396 e. The topological polar surface area (TPSA) is 89.4 Å². The number of methoxy groups -OCH3 is 1. The van der Waals surface area contributed by atoms with Gasteiger partial charge < -0.3 is 14.4 Å². The Morgan fingerprint density at radius 1 is 1.32 bits per heavy atom. The lowest BCUT2D eigenvalue weighted by Crippen LogP contribution is -2.21. The number of nitrogens with zero attached hydrogens (tertiary/aromatic N) is 5. The summed E-state index contributed by atoms with van der Waals surface area (Å²) in [6, 6.07) is 0. The van der Waals surface area contributed by atoms with E-state index in [4.69, 9.17) is 9.26 Å². The molecule has 1 saturated heterocycles. The summed E-state index contributed by atoms with van der Waals surface area (Å²) in [7, 11) is 1.60. The minimum Gasteiger partial charge on any atom is -0.396 e. The Kier molecular flexibility index (Phi) is 5.51. The number of likely N-dealkylation sites (tertiary alicyclic amines) is 1. The first-order valence-electron chi connectivity index (χ1n) is 8.74. The van der Waals surface area contributed by atoms with Gasteiger partial charge in [0.1, 0.15) is 6.61 Å². The van der Waals surface area contributed by atoms with Crippen LogP contribution in [0.1, 0.15) is 41.5 Å². The summed E-state index contributed by atoms with van der Waals surface area (Å²) in [6.45, 7) is 10.0. The second kappa shape index (κ2) is 7.63. The normalized spacial score (nSPS) is 21.3. The molecule has 1 N–H and O–H groups in total. The Bertz CT molecular complexity index is 711. The quantitative estimate of drug-likeness (QED) is 0.805. The predicted molar refractivity (Wildman–Crippen MR) is 91.0 cm³/mol. The summed E-state index contributed by atoms with van der Waals surface area (Å²) in [4.78, 5) is 6.75. The van der Waals surface area contributed by atoms with Crippen molar-refractivity contribution in [1.82, 2.24) is 24.8 Å². The molecule has 0 saturated carbocycles. The first kappa shape index (κ1) is 18.0. The lowest BCUT2D eigenvalue weighted by molar-refractivity contribution is 0.174. The molecular weight excluding hydrogens is 322 g/mol. The first-order chi connectivity index (χ1) is 12.1. The fourth-order valence-electron chi connectivity index (χ4n) is 3.65. The molecule has 1 aliphatic heterocycles. The highest BCUT2D eigenvalue weighted by Gasteiger charge is 2.37. The van der Waals surface area contributed by atoms with Crippen LogP contribution in [0.25, 0.3) is 0 Å². The third-order valence-corrected chi connectivity index (χ3v) is 5.04. The summed E-state index contributed by atoms with van der Waals surface area (Å²) < 4.78 is 12.5. The van der Waals surface area contributed by atoms with Crippen molar-refractivity contribution in [3.05, 3.63) is 28.7 Å². The van der Waals surface area contributed by atoms with Crippen molar-refractivity contribution < 1.29 is 14.4 Å². The Hall–Kier alpha value is -1.77. The molecule has 2 atom stereocenters. The van der Waals surface area contributed by atoms with Gasteiger partial charge in [-0.3, -0.25) is 9.58 Å². The Morgan fingerprint density at radius 3 is 2.76 bits per heavy atom. The molecular formula is C17H27N5O3. The molecule has 0 bridgehead atoms. The van der Waals surface area contributed by atoms with Gasteiger partial charge in [0.25, 0.3) is 0 Å². The lowest BCUT2D eigenvalue weighted by Gasteiger charge is -2.15. The number of ether oxygens (including phenoxy) is 1. The molecule has 0 spiro atoms. The van der Waals surface area contributed by atoms with E-state index in [1.165, 1.54) is 11.3 Å². The third-order valence-electron chi connectivity index (χ3n) is 5.04. The van der Waals surface area contributed by atoms with Crippen molar-refractivity contribution in [3.63, 3.8) is 0 Å². The Morgan fingerprint density at radius 2 is 2.12 bits per heavy atom. The van der Waals surface area contributed by atoms with Gasteiger partial charge in [-0.15, -0.1) is 0 Å². The molecule has 3 rings (SSSR count). The molecule has 0 aromatic carbocycles. The second-order valence-electron chi connectivity index (χ2n) is 6.69. The second-order valence-corrected chi connectivity index (χ2v) is 6.69. The van der Waals surface area contributed by atoms with Crippen LogP contribution in [0, 0.1) is 19.8 Å². The van der Waals surface area contributed by atoms with Crippen LogP contribution in [-0.4, -0.2) is 56.7 Å². The molecule has 2 aromatic rings. The molecule has 2 aromatic heterocycles. The van der Waals surface area contributed by atoms with Crippen LogP contribution < -0.4 is 0 Å². The van der Waals surface area contributed by atoms with E-state index in [2.05, 4.69) is 40.9 Å². The van der Waals surface area contributed by atoms with Crippen LogP contribution in [0.5, 0.6) is 0 Å². The maximum absolute atomic E-state index is 9.79. The number of aliphatic hydroxyl groups is 1. The fraction of sp³-hybridized carbons (Fsp3) is 0.706. The SMILES string of the molecule is CCn1nc(C)c(CN2C[C@@H](CO)[C@H](c3nc(COC)no3)C2)c1C. The number of rotatable bonds is 7. The Balaban J connectivity index is 1.74. The summed E-state index contributed by atoms with van der Waals surface area (Å²) in [6.07, 6.45) is 0. The zero-order valence-electron chi connectivity index (χ0n) is 15.4. The molecule has 1 aliphatic rings. The summed E-state index contributed by atoms with van der Waals surface area (Å²) in [5.74, 6) is 1.28. The molecule has 0 aliphatic carbocycles. The molecule has 138 valence electrons. The van der Waals surface area contributed by atoms with Crippen LogP contribution in [0.2, 0.25) is 0 Å². The van der Waals surface area contributed by atoms with Crippen LogP contribution in [0.3, 0.4) is 0 Å². The molecule has 0 radical (unpaired) electrons. The highest BCUT2D eigenvalue weighted by Crippen LogP contribution is 2.33. The minimum atomic E-state index is 0.0462.